The van der Waals surface area contributed by atoms with E-state index in [1.807, 2.05) is 42.5 Å². The van der Waals surface area contributed by atoms with Crippen LogP contribution in [0.1, 0.15) is 11.1 Å². The van der Waals surface area contributed by atoms with Gasteiger partial charge in [-0.2, -0.15) is 0 Å². The number of aliphatic carboxylic acids is 1. The standard InChI is InChI=1S/C23H24N4O6/c28-20(12-26-23(32)33-14-15-6-2-1-3-7-15)25-13-21(29)27-19(22(30)31)10-16-11-24-18-9-5-4-8-17(16)18/h1-9,11,19,24H,10,12-14H2,(H,25,28)(H,26,32)(H,27,29)(H,30,31). The van der Waals surface area contributed by atoms with Gasteiger partial charge in [0.05, 0.1) is 6.54 Å². The number of fused-ring (bicyclic) bond motifs is 1. The second-order valence-corrected chi connectivity index (χ2v) is 7.21. The Hall–Kier alpha value is -4.34. The Balaban J connectivity index is 1.40. The number of amides is 3. The van der Waals surface area contributed by atoms with Crippen molar-refractivity contribution >= 4 is 34.8 Å². The van der Waals surface area contributed by atoms with Crippen molar-refractivity contribution in [2.45, 2.75) is 19.1 Å². The predicted octanol–water partition coefficient (Wildman–Crippen LogP) is 1.32. The Morgan fingerprint density at radius 3 is 2.36 bits per heavy atom. The monoisotopic (exact) mass is 452 g/mol. The summed E-state index contributed by atoms with van der Waals surface area (Å²) in [7, 11) is 0. The van der Waals surface area contributed by atoms with Crippen LogP contribution < -0.4 is 16.0 Å². The molecule has 1 heterocycles. The van der Waals surface area contributed by atoms with Gasteiger partial charge >= 0.3 is 12.1 Å². The minimum atomic E-state index is -1.19. The lowest BCUT2D eigenvalue weighted by Gasteiger charge is -2.15. The number of H-pyrrole nitrogens is 1. The Bertz CT molecular complexity index is 1130. The van der Waals surface area contributed by atoms with E-state index < -0.39 is 43.0 Å². The minimum Gasteiger partial charge on any atom is -0.480 e. The van der Waals surface area contributed by atoms with Crippen LogP contribution in [0.5, 0.6) is 0 Å². The Labute approximate surface area is 189 Å². The summed E-state index contributed by atoms with van der Waals surface area (Å²) in [5, 5.41) is 17.3. The first-order chi connectivity index (χ1) is 15.9. The smallest absolute Gasteiger partial charge is 0.407 e. The molecule has 3 amide bonds. The summed E-state index contributed by atoms with van der Waals surface area (Å²) in [4.78, 5) is 50.3. The topological polar surface area (TPSA) is 150 Å². The average molecular weight is 452 g/mol. The van der Waals surface area contributed by atoms with E-state index in [1.54, 1.807) is 18.3 Å². The molecule has 1 aromatic heterocycles. The highest BCUT2D eigenvalue weighted by atomic mass is 16.5. The second kappa shape index (κ2) is 11.3. The number of carboxylic acid groups (broad SMARTS) is 1. The number of rotatable bonds is 10. The molecule has 0 aliphatic rings. The number of hydrogen-bond donors (Lipinski definition) is 5. The molecule has 0 aliphatic heterocycles. The van der Waals surface area contributed by atoms with Gasteiger partial charge in [-0.3, -0.25) is 9.59 Å². The summed E-state index contributed by atoms with van der Waals surface area (Å²) in [6, 6.07) is 15.3. The van der Waals surface area contributed by atoms with Gasteiger partial charge in [-0.05, 0) is 17.2 Å². The number of aromatic nitrogens is 1. The first-order valence-electron chi connectivity index (χ1n) is 10.2. The molecule has 1 atom stereocenters. The number of nitrogens with one attached hydrogen (secondary N) is 4. The van der Waals surface area contributed by atoms with Gasteiger partial charge in [-0.1, -0.05) is 48.5 Å². The zero-order valence-electron chi connectivity index (χ0n) is 17.7. The highest BCUT2D eigenvalue weighted by Gasteiger charge is 2.22. The van der Waals surface area contributed by atoms with Crippen LogP contribution in [0, 0.1) is 0 Å². The van der Waals surface area contributed by atoms with E-state index in [4.69, 9.17) is 4.74 Å². The van der Waals surface area contributed by atoms with E-state index in [0.29, 0.717) is 0 Å². The largest absolute Gasteiger partial charge is 0.480 e. The number of carbonyl (C=O) groups is 4. The van der Waals surface area contributed by atoms with Crippen molar-refractivity contribution in [2.75, 3.05) is 13.1 Å². The van der Waals surface area contributed by atoms with Crippen LogP contribution in [0.4, 0.5) is 4.79 Å². The molecule has 0 radical (unpaired) electrons. The normalized spacial score (nSPS) is 11.4. The minimum absolute atomic E-state index is 0.0592. The van der Waals surface area contributed by atoms with Crippen LogP contribution in [0.2, 0.25) is 0 Å². The molecule has 3 rings (SSSR count). The van der Waals surface area contributed by atoms with Gasteiger partial charge in [0.2, 0.25) is 11.8 Å². The summed E-state index contributed by atoms with van der Waals surface area (Å²) in [5.41, 5.74) is 2.42. The number of carboxylic acids is 1. The molecule has 10 nitrogen and oxygen atoms in total. The maximum absolute atomic E-state index is 12.1. The van der Waals surface area contributed by atoms with Crippen molar-refractivity contribution in [3.63, 3.8) is 0 Å². The van der Waals surface area contributed by atoms with Crippen LogP contribution in [0.25, 0.3) is 10.9 Å². The SMILES string of the molecule is O=C(CNC(=O)OCc1ccccc1)NCC(=O)NC(Cc1c[nH]c2ccccc12)C(=O)O. The molecule has 3 aromatic rings. The van der Waals surface area contributed by atoms with E-state index in [1.165, 1.54) is 0 Å². The summed E-state index contributed by atoms with van der Waals surface area (Å²) in [6.07, 6.45) is 1.01. The highest BCUT2D eigenvalue weighted by molar-refractivity contribution is 5.90. The van der Waals surface area contributed by atoms with E-state index in [-0.39, 0.29) is 13.0 Å². The number of benzene rings is 2. The molecule has 0 aliphatic carbocycles. The Morgan fingerprint density at radius 2 is 1.61 bits per heavy atom. The molecule has 0 bridgehead atoms. The van der Waals surface area contributed by atoms with Crippen molar-refractivity contribution in [1.82, 2.24) is 20.9 Å². The molecule has 0 saturated heterocycles. The lowest BCUT2D eigenvalue weighted by atomic mass is 10.1. The molecule has 5 N–H and O–H groups in total. The molecule has 33 heavy (non-hydrogen) atoms. The van der Waals surface area contributed by atoms with Crippen LogP contribution in [0.3, 0.4) is 0 Å². The fraction of sp³-hybridized carbons (Fsp3) is 0.217. The molecule has 1 unspecified atom stereocenters. The third-order valence-corrected chi connectivity index (χ3v) is 4.78. The fourth-order valence-electron chi connectivity index (χ4n) is 3.13. The summed E-state index contributed by atoms with van der Waals surface area (Å²) in [5.74, 6) is -2.48. The number of ether oxygens (including phenoxy) is 1. The molecular formula is C23H24N4O6. The molecule has 0 spiro atoms. The molecular weight excluding hydrogens is 428 g/mol. The van der Waals surface area contributed by atoms with Gasteiger partial charge in [0, 0.05) is 23.5 Å². The van der Waals surface area contributed by atoms with Gasteiger partial charge in [-0.15, -0.1) is 0 Å². The Morgan fingerprint density at radius 1 is 0.909 bits per heavy atom. The quantitative estimate of drug-likeness (QED) is 0.313. The zero-order chi connectivity index (χ0) is 23.6. The number of carbonyl (C=O) groups excluding carboxylic acids is 3. The number of aromatic amines is 1. The Kier molecular flexibility index (Phi) is 8.01. The van der Waals surface area contributed by atoms with Crippen molar-refractivity contribution < 1.29 is 29.0 Å². The third kappa shape index (κ3) is 7.10. The maximum atomic E-state index is 12.1. The van der Waals surface area contributed by atoms with Gasteiger partial charge < -0.3 is 30.8 Å². The van der Waals surface area contributed by atoms with Crippen LogP contribution in [-0.2, 0) is 32.1 Å². The van der Waals surface area contributed by atoms with Crippen molar-refractivity contribution in [3.8, 4) is 0 Å². The molecule has 10 heteroatoms. The number of para-hydroxylation sites is 1. The zero-order valence-corrected chi connectivity index (χ0v) is 17.7. The highest BCUT2D eigenvalue weighted by Crippen LogP contribution is 2.19. The summed E-state index contributed by atoms with van der Waals surface area (Å²) >= 11 is 0. The van der Waals surface area contributed by atoms with Crippen LogP contribution >= 0.6 is 0 Å². The third-order valence-electron chi connectivity index (χ3n) is 4.78. The lowest BCUT2D eigenvalue weighted by molar-refractivity contribution is -0.141. The summed E-state index contributed by atoms with van der Waals surface area (Å²) < 4.78 is 4.99. The van der Waals surface area contributed by atoms with Gasteiger partial charge in [0.15, 0.2) is 0 Å². The fourth-order valence-corrected chi connectivity index (χ4v) is 3.13. The van der Waals surface area contributed by atoms with E-state index >= 15 is 0 Å². The van der Waals surface area contributed by atoms with Gasteiger partial charge in [0.25, 0.3) is 0 Å². The first kappa shape index (κ1) is 23.3. The van der Waals surface area contributed by atoms with Gasteiger partial charge in [-0.25, -0.2) is 9.59 Å². The van der Waals surface area contributed by atoms with E-state index in [0.717, 1.165) is 22.0 Å². The number of hydrogen-bond acceptors (Lipinski definition) is 5. The van der Waals surface area contributed by atoms with Crippen LogP contribution in [0.15, 0.2) is 60.8 Å². The van der Waals surface area contributed by atoms with Crippen molar-refractivity contribution in [1.29, 1.82) is 0 Å². The molecule has 2 aromatic carbocycles. The van der Waals surface area contributed by atoms with Gasteiger partial charge in [0.1, 0.15) is 19.2 Å². The van der Waals surface area contributed by atoms with Crippen LogP contribution in [-0.4, -0.2) is 53.1 Å². The molecule has 172 valence electrons. The van der Waals surface area contributed by atoms with Crippen molar-refractivity contribution in [3.05, 3.63) is 71.9 Å². The van der Waals surface area contributed by atoms with Crippen molar-refractivity contribution in [2.24, 2.45) is 0 Å². The lowest BCUT2D eigenvalue weighted by Crippen LogP contribution is -2.47. The average Bonchev–Trinajstić information content (AvgIpc) is 3.23. The van der Waals surface area contributed by atoms with E-state index in [2.05, 4.69) is 20.9 Å². The molecule has 0 saturated carbocycles. The summed E-state index contributed by atoms with van der Waals surface area (Å²) in [6.45, 7) is -0.764. The first-order valence-corrected chi connectivity index (χ1v) is 10.2. The maximum Gasteiger partial charge on any atom is 0.407 e. The second-order valence-electron chi connectivity index (χ2n) is 7.21. The predicted molar refractivity (Wildman–Crippen MR) is 119 cm³/mol. The molecule has 0 fully saturated rings. The number of alkyl carbamates (subject to hydrolysis) is 1. The van der Waals surface area contributed by atoms with E-state index in [9.17, 15) is 24.3 Å².